The summed E-state index contributed by atoms with van der Waals surface area (Å²) in [6, 6.07) is 41.6. The first kappa shape index (κ1) is 51.9. The first-order valence-electron chi connectivity index (χ1n) is 20.6. The van der Waals surface area contributed by atoms with Crippen molar-refractivity contribution in [2.45, 2.75) is 30.0 Å². The molecule has 2 saturated heterocycles. The third-order valence-corrected chi connectivity index (χ3v) is 14.3. The molecule has 2 fully saturated rings. The molecule has 8 rings (SSSR count). The van der Waals surface area contributed by atoms with Gasteiger partial charge in [0, 0.05) is 53.5 Å². The second kappa shape index (κ2) is 22.3. The van der Waals surface area contributed by atoms with Gasteiger partial charge < -0.3 is 0 Å². The molecule has 0 amide bonds. The lowest BCUT2D eigenvalue weighted by atomic mass is 9.93. The molecule has 0 aliphatic carbocycles. The summed E-state index contributed by atoms with van der Waals surface area (Å²) < 4.78 is 130. The Hall–Kier alpha value is -4.47. The van der Waals surface area contributed by atoms with Gasteiger partial charge in [0.2, 0.25) is 10.0 Å². The third kappa shape index (κ3) is 15.3. The smallest absolute Gasteiger partial charge is 0.264 e. The molecule has 2 aliphatic rings. The minimum atomic E-state index is -3.73. The molecule has 19 heteroatoms. The van der Waals surface area contributed by atoms with E-state index in [-0.39, 0.29) is 35.2 Å². The molecule has 6 aromatic rings. The van der Waals surface area contributed by atoms with Gasteiger partial charge in [-0.15, -0.1) is 0 Å². The fourth-order valence-electron chi connectivity index (χ4n) is 7.96. The minimum absolute atomic E-state index is 0.00422. The van der Waals surface area contributed by atoms with Gasteiger partial charge in [-0.05, 0) is 76.3 Å². The molecule has 6 aromatic carbocycles. The zero-order valence-corrected chi connectivity index (χ0v) is 42.0. The second-order valence-corrected chi connectivity index (χ2v) is 23.7. The normalized spacial score (nSPS) is 15.7. The summed E-state index contributed by atoms with van der Waals surface area (Å²) in [5, 5.41) is 0. The number of likely N-dealkylation sites (tertiary alicyclic amines) is 2. The van der Waals surface area contributed by atoms with Crippen LogP contribution < -0.4 is 4.31 Å². The van der Waals surface area contributed by atoms with Crippen molar-refractivity contribution >= 4 is 67.5 Å². The van der Waals surface area contributed by atoms with Crippen LogP contribution in [0.25, 0.3) is 0 Å². The van der Waals surface area contributed by atoms with Crippen LogP contribution in [0.1, 0.15) is 39.9 Å². The molecule has 10 nitrogen and oxygen atoms in total. The predicted molar refractivity (Wildman–Crippen MR) is 260 cm³/mol. The fourth-order valence-corrected chi connectivity index (χ4v) is 11.0. The molecule has 0 bridgehead atoms. The highest BCUT2D eigenvalue weighted by atomic mass is 79.9. The number of nitrogens with zero attached hydrogens (tertiary/aromatic N) is 3. The second-order valence-electron chi connectivity index (χ2n) is 16.2. The number of benzene rings is 6. The minimum Gasteiger partial charge on any atom is -0.288 e. The molecule has 2 aliphatic heterocycles. The van der Waals surface area contributed by atoms with Crippen molar-refractivity contribution in [2.75, 3.05) is 49.3 Å². The van der Waals surface area contributed by atoms with E-state index in [0.717, 1.165) is 73.5 Å². The van der Waals surface area contributed by atoms with Crippen LogP contribution in [0.2, 0.25) is 0 Å². The van der Waals surface area contributed by atoms with Gasteiger partial charge in [0.25, 0.3) is 10.1 Å². The van der Waals surface area contributed by atoms with Gasteiger partial charge in [0.1, 0.15) is 29.4 Å². The van der Waals surface area contributed by atoms with Crippen LogP contribution in [-0.2, 0) is 39.9 Å². The zero-order chi connectivity index (χ0) is 48.7. The molecule has 0 unspecified atom stereocenters. The number of anilines is 1. The Morgan fingerprint density at radius 2 is 0.925 bits per heavy atom. The number of rotatable bonds is 13. The molecule has 0 N–H and O–H groups in total. The molecule has 0 radical (unpaired) electrons. The SMILES string of the molecule is CS(=O)(=O)Cc1cc(F)cc(F)c1.CS(=O)(=O)N(c1cc(F)cc(F)c1)C1CN([C@H](c2ccccc2)c2ccc(Br)cc2)C1.CS(=O)(=O)OC1CN([C@H](c2ccccc2)c2ccc(Br)cc2)C1. The third-order valence-electron chi connectivity index (χ3n) is 10.6. The lowest BCUT2D eigenvalue weighted by Crippen LogP contribution is -2.61. The topological polar surface area (TPSA) is 121 Å². The maximum atomic E-state index is 13.8. The molecular weight excluding hydrogens is 1060 g/mol. The van der Waals surface area contributed by atoms with Gasteiger partial charge in [0.05, 0.1) is 42.1 Å². The quantitative estimate of drug-likeness (QED) is 0.0823. The van der Waals surface area contributed by atoms with Gasteiger partial charge in [0.15, 0.2) is 9.84 Å². The van der Waals surface area contributed by atoms with E-state index < -0.39 is 59.3 Å². The highest BCUT2D eigenvalue weighted by Gasteiger charge is 2.41. The average Bonchev–Trinajstić information content (AvgIpc) is 3.19. The van der Waals surface area contributed by atoms with Crippen LogP contribution in [-0.4, -0.2) is 92.1 Å². The monoisotopic (exact) mass is 1110 g/mol. The van der Waals surface area contributed by atoms with Crippen molar-refractivity contribution in [3.63, 3.8) is 0 Å². The predicted octanol–water partition coefficient (Wildman–Crippen LogP) is 9.68. The van der Waals surface area contributed by atoms with Crippen LogP contribution >= 0.6 is 31.9 Å². The number of hydrogen-bond donors (Lipinski definition) is 0. The Morgan fingerprint density at radius 1 is 0.552 bits per heavy atom. The van der Waals surface area contributed by atoms with Crippen LogP contribution in [0.4, 0.5) is 23.2 Å². The summed E-state index contributed by atoms with van der Waals surface area (Å²) in [5.74, 6) is -3.49. The lowest BCUT2D eigenvalue weighted by molar-refractivity contribution is 0.00474. The largest absolute Gasteiger partial charge is 0.288 e. The average molecular weight is 1110 g/mol. The van der Waals surface area contributed by atoms with Gasteiger partial charge in [-0.3, -0.25) is 18.3 Å². The summed E-state index contributed by atoms with van der Waals surface area (Å²) in [7, 11) is -10.4. The molecule has 0 aromatic heterocycles. The maximum Gasteiger partial charge on any atom is 0.264 e. The van der Waals surface area contributed by atoms with Gasteiger partial charge in [-0.2, -0.15) is 8.42 Å². The van der Waals surface area contributed by atoms with E-state index in [1.807, 2.05) is 84.9 Å². The number of hydrogen-bond acceptors (Lipinski definition) is 9. The van der Waals surface area contributed by atoms with E-state index in [9.17, 15) is 42.8 Å². The van der Waals surface area contributed by atoms with Crippen LogP contribution in [0, 0.1) is 23.3 Å². The Balaban J connectivity index is 0.000000180. The fraction of sp³-hybridized carbons (Fsp3) is 0.250. The summed E-state index contributed by atoms with van der Waals surface area (Å²) in [4.78, 5) is 4.39. The molecule has 67 heavy (non-hydrogen) atoms. The highest BCUT2D eigenvalue weighted by molar-refractivity contribution is 9.10. The van der Waals surface area contributed by atoms with Crippen molar-refractivity contribution in [2.24, 2.45) is 0 Å². The van der Waals surface area contributed by atoms with Crippen LogP contribution in [0.15, 0.2) is 155 Å². The number of halogens is 6. The Bertz CT molecular complexity index is 2910. The lowest BCUT2D eigenvalue weighted by Gasteiger charge is -2.48. The molecule has 2 atom stereocenters. The Morgan fingerprint density at radius 3 is 1.30 bits per heavy atom. The molecule has 2 heterocycles. The number of sulfone groups is 1. The maximum absolute atomic E-state index is 13.8. The summed E-state index contributed by atoms with van der Waals surface area (Å²) in [6.07, 6.45) is 2.91. The van der Waals surface area contributed by atoms with Gasteiger partial charge in [-0.25, -0.2) is 34.4 Å². The Kier molecular flexibility index (Phi) is 17.3. The zero-order valence-electron chi connectivity index (χ0n) is 36.4. The van der Waals surface area contributed by atoms with Crippen molar-refractivity contribution in [1.82, 2.24) is 9.80 Å². The molecular formula is C48H47Br2F4N3O7S3. The van der Waals surface area contributed by atoms with E-state index in [0.29, 0.717) is 32.2 Å². The van der Waals surface area contributed by atoms with Crippen LogP contribution in [0.5, 0.6) is 0 Å². The first-order valence-corrected chi connectivity index (χ1v) is 27.9. The first-order chi connectivity index (χ1) is 31.5. The molecule has 356 valence electrons. The molecule has 0 saturated carbocycles. The summed E-state index contributed by atoms with van der Waals surface area (Å²) in [6.45, 7) is 2.06. The van der Waals surface area contributed by atoms with Gasteiger partial charge >= 0.3 is 0 Å². The van der Waals surface area contributed by atoms with E-state index in [1.54, 1.807) is 0 Å². The van der Waals surface area contributed by atoms with Crippen molar-refractivity contribution in [1.29, 1.82) is 0 Å². The van der Waals surface area contributed by atoms with E-state index in [2.05, 4.69) is 65.9 Å². The molecule has 0 spiro atoms. The van der Waals surface area contributed by atoms with E-state index in [4.69, 9.17) is 4.18 Å². The Labute approximate surface area is 406 Å². The van der Waals surface area contributed by atoms with Crippen molar-refractivity contribution < 1.29 is 47.0 Å². The van der Waals surface area contributed by atoms with Crippen LogP contribution in [0.3, 0.4) is 0 Å². The summed E-state index contributed by atoms with van der Waals surface area (Å²) in [5.41, 5.74) is 4.66. The van der Waals surface area contributed by atoms with Crippen molar-refractivity contribution in [3.8, 4) is 0 Å². The standard InChI is InChI=1S/C23H21BrF2N2O2S.C17H18BrNO3S.C8H8F2O2S/c1-31(29,30)28(21-12-19(25)11-20(26)13-21)22-14-27(15-22)23(16-5-3-2-4-6-16)17-7-9-18(24)10-8-17;1-23(20,21)22-16-11-19(12-16)17(13-5-3-2-4-6-13)14-7-9-15(18)10-8-14;1-13(11,12)5-6-2-7(9)4-8(10)3-6/h2-13,22-23H,14-15H2,1H3;2-10,16-17H,11-12H2,1H3;2-4H,5H2,1H3/t23-;17-;/m11./s1. The van der Waals surface area contributed by atoms with E-state index in [1.165, 1.54) is 11.1 Å². The van der Waals surface area contributed by atoms with E-state index >= 15 is 0 Å². The highest BCUT2D eigenvalue weighted by Crippen LogP contribution is 2.37. The van der Waals surface area contributed by atoms with Gasteiger partial charge in [-0.1, -0.05) is 117 Å². The summed E-state index contributed by atoms with van der Waals surface area (Å²) >= 11 is 6.92. The number of sulfonamides is 1. The van der Waals surface area contributed by atoms with Crippen molar-refractivity contribution in [3.05, 3.63) is 206 Å².